The molecule has 0 heterocycles. The maximum atomic E-state index is 6.25. The third kappa shape index (κ3) is 1910. The molecule has 0 radical (unpaired) electrons. The van der Waals surface area contributed by atoms with Gasteiger partial charge in [-0.05, 0) is 0 Å². The van der Waals surface area contributed by atoms with E-state index in [2.05, 4.69) is 13.2 Å². The van der Waals surface area contributed by atoms with Crippen LogP contribution in [0.3, 0.4) is 0 Å². The van der Waals surface area contributed by atoms with E-state index in [9.17, 15) is 0 Å². The Balaban J connectivity index is -0.00000000628. The molecule has 0 aromatic carbocycles. The first-order valence-electron chi connectivity index (χ1n) is 1.59. The van der Waals surface area contributed by atoms with Crippen molar-refractivity contribution in [3.05, 3.63) is 39.4 Å². The molecule has 0 spiro atoms. The maximum absolute atomic E-state index is 6.25. The summed E-state index contributed by atoms with van der Waals surface area (Å²) in [5.41, 5.74) is 0. The molecule has 0 unspecified atom stereocenters. The van der Waals surface area contributed by atoms with Crippen LogP contribution in [-0.2, 0) is 28.9 Å². The normalized spacial score (nSPS) is 1.27. The van der Waals surface area contributed by atoms with Crippen LogP contribution in [0.5, 0.6) is 0 Å². The smallest absolute Gasteiger partial charge is 1.00 e. The van der Waals surface area contributed by atoms with Crippen LogP contribution < -0.4 is 29.6 Å². The summed E-state index contributed by atoms with van der Waals surface area (Å²) < 4.78 is 0. The van der Waals surface area contributed by atoms with Gasteiger partial charge in [-0.3, -0.25) is 0 Å². The molecule has 0 fully saturated rings. The van der Waals surface area contributed by atoms with Gasteiger partial charge in [0.1, 0.15) is 0 Å². The van der Waals surface area contributed by atoms with Crippen LogP contribution in [0.15, 0.2) is 0 Å². The summed E-state index contributed by atoms with van der Waals surface area (Å²) in [4.78, 5) is 0. The average Bonchev–Trinajstić information content (AvgIpc) is 2.45. The average molecular weight is 300 g/mol. The minimum absolute atomic E-state index is 0. The van der Waals surface area contributed by atoms with Crippen molar-refractivity contribution in [3.63, 3.8) is 0 Å². The maximum Gasteiger partial charge on any atom is 1.00 e. The van der Waals surface area contributed by atoms with E-state index in [4.69, 9.17) is 71.0 Å². The van der Waals surface area contributed by atoms with Crippen molar-refractivity contribution in [1.82, 2.24) is 0 Å². The zero-order valence-corrected chi connectivity index (χ0v) is 13.8. The van der Waals surface area contributed by atoms with Crippen molar-refractivity contribution in [2.45, 2.75) is 0 Å². The molecule has 0 saturated carbocycles. The third-order valence-corrected chi connectivity index (χ3v) is 0. The molecular formula is C6FeN6NaZn-5. The van der Waals surface area contributed by atoms with Crippen molar-refractivity contribution >= 4 is 0 Å². The van der Waals surface area contributed by atoms with E-state index < -0.39 is 0 Å². The molecular weight excluding hydrogens is 300 g/mol. The molecule has 0 aliphatic heterocycles. The quantitative estimate of drug-likeness (QED) is 0.359. The number of nitrogens with zero attached hydrogens (tertiary/aromatic N) is 6. The summed E-state index contributed by atoms with van der Waals surface area (Å²) in [5, 5.41) is 37.5. The second kappa shape index (κ2) is 2270. The van der Waals surface area contributed by atoms with E-state index in [1.165, 1.54) is 0 Å². The molecule has 0 aromatic rings. The van der Waals surface area contributed by atoms with Crippen LogP contribution in [-0.4, -0.2) is 0 Å². The number of rotatable bonds is 0. The minimum atomic E-state index is 0. The van der Waals surface area contributed by atoms with E-state index >= 15 is 0 Å². The summed E-state index contributed by atoms with van der Waals surface area (Å²) in [7, 11) is 0. The standard InChI is InChI=1S/6CN.Fe.Na.Zn/c6*1-2;;;/q6*-1;;+1;. The Labute approximate surface area is 128 Å². The Morgan fingerprint density at radius 1 is 0.467 bits per heavy atom. The van der Waals surface area contributed by atoms with Crippen LogP contribution in [0.1, 0.15) is 0 Å². The molecule has 0 N–H and O–H groups in total. The zero-order chi connectivity index (χ0) is 14.0. The molecule has 70 valence electrons. The first-order chi connectivity index (χ1) is 7.00. The first-order valence-corrected chi connectivity index (χ1v) is 6.70. The fraction of sp³-hybridized carbons (Fsp3) is 0. The van der Waals surface area contributed by atoms with Gasteiger partial charge in [0.25, 0.3) is 0 Å². The zero-order valence-electron chi connectivity index (χ0n) is 7.74. The van der Waals surface area contributed by atoms with Crippen LogP contribution in [0.25, 0.3) is 0 Å². The Bertz CT molecular complexity index is 114. The second-order valence-electron chi connectivity index (χ2n) is 0. The summed E-state index contributed by atoms with van der Waals surface area (Å²) in [6, 6.07) is 0. The second-order valence-corrected chi connectivity index (χ2v) is 0. The van der Waals surface area contributed by atoms with Gasteiger partial charge in [0.05, 0.1) is 0 Å². The van der Waals surface area contributed by atoms with Crippen molar-refractivity contribution in [1.29, 1.82) is 31.6 Å². The molecule has 0 aromatic heterocycles. The van der Waals surface area contributed by atoms with Gasteiger partial charge in [-0.15, -0.1) is 0 Å². The predicted molar refractivity (Wildman–Crippen MR) is 29.8 cm³/mol. The van der Waals surface area contributed by atoms with Crippen LogP contribution in [0.2, 0.25) is 0 Å². The van der Waals surface area contributed by atoms with Crippen molar-refractivity contribution in [2.75, 3.05) is 0 Å². The summed E-state index contributed by atoms with van der Waals surface area (Å²) in [6.45, 7) is 28.5. The Kier molecular flexibility index (Phi) is 9860. The van der Waals surface area contributed by atoms with Crippen LogP contribution >= 0.6 is 0 Å². The SMILES string of the molecule is [C-]#N.[C-]#N.[C-]#N.[C-]#N.[C-]#N.[C-]#N.[Fe]=[Zn].[Na+]. The molecule has 9 heteroatoms. The van der Waals surface area contributed by atoms with Crippen LogP contribution in [0, 0.1) is 71.0 Å². The molecule has 0 rings (SSSR count). The van der Waals surface area contributed by atoms with Gasteiger partial charge in [-0.1, -0.05) is 0 Å². The van der Waals surface area contributed by atoms with Gasteiger partial charge >= 0.3 is 58.5 Å². The molecule has 0 aliphatic rings. The van der Waals surface area contributed by atoms with E-state index in [0.29, 0.717) is 0 Å². The summed E-state index contributed by atoms with van der Waals surface area (Å²) in [6.07, 6.45) is 0. The van der Waals surface area contributed by atoms with Gasteiger partial charge < -0.3 is 71.0 Å². The van der Waals surface area contributed by atoms with Gasteiger partial charge in [0, 0.05) is 0 Å². The molecule has 0 amide bonds. The van der Waals surface area contributed by atoms with Gasteiger partial charge in [0.2, 0.25) is 0 Å². The summed E-state index contributed by atoms with van der Waals surface area (Å²) in [5.74, 6) is 0. The van der Waals surface area contributed by atoms with Gasteiger partial charge in [-0.25, -0.2) is 0 Å². The fourth-order valence-corrected chi connectivity index (χ4v) is 0. The molecule has 0 atom stereocenters. The van der Waals surface area contributed by atoms with Crippen molar-refractivity contribution < 1.29 is 58.5 Å². The molecule has 15 heavy (non-hydrogen) atoms. The summed E-state index contributed by atoms with van der Waals surface area (Å²) >= 11 is 4.50. The Hall–Kier alpha value is -0.917. The van der Waals surface area contributed by atoms with Crippen molar-refractivity contribution in [3.8, 4) is 0 Å². The number of hydrogen-bond acceptors (Lipinski definition) is 6. The first kappa shape index (κ1) is 65.1. The largest absolute Gasteiger partial charge is 1.00 e. The van der Waals surface area contributed by atoms with Crippen LogP contribution in [0.4, 0.5) is 0 Å². The Morgan fingerprint density at radius 2 is 0.467 bits per heavy atom. The fourth-order valence-electron chi connectivity index (χ4n) is 0. The van der Waals surface area contributed by atoms with Gasteiger partial charge in [0.15, 0.2) is 0 Å². The van der Waals surface area contributed by atoms with E-state index in [0.717, 1.165) is 15.8 Å². The van der Waals surface area contributed by atoms with E-state index in [1.807, 2.05) is 0 Å². The third-order valence-electron chi connectivity index (χ3n) is 0. The minimum Gasteiger partial charge on any atom is 1.00 e. The topological polar surface area (TPSA) is 143 Å². The molecule has 0 aliphatic carbocycles. The van der Waals surface area contributed by atoms with E-state index in [1.54, 1.807) is 0 Å². The molecule has 0 saturated heterocycles. The predicted octanol–water partition coefficient (Wildman–Crippen LogP) is -2.42. The van der Waals surface area contributed by atoms with Crippen molar-refractivity contribution in [2.24, 2.45) is 0 Å². The monoisotopic (exact) mass is 299 g/mol. The number of hydrogen-bond donors (Lipinski definition) is 0. The Morgan fingerprint density at radius 3 is 0.467 bits per heavy atom. The molecule has 0 bridgehead atoms. The van der Waals surface area contributed by atoms with E-state index in [-0.39, 0.29) is 29.6 Å². The van der Waals surface area contributed by atoms with Gasteiger partial charge in [-0.2, -0.15) is 0 Å². The molecule has 6 nitrogen and oxygen atoms in total.